The Kier molecular flexibility index (Phi) is 7.14. The summed E-state index contributed by atoms with van der Waals surface area (Å²) in [5.41, 5.74) is 1.99. The molecule has 0 saturated carbocycles. The largest absolute Gasteiger partial charge is 0.416 e. The number of hydrogen-bond donors (Lipinski definition) is 0. The third kappa shape index (κ3) is 5.52. The highest BCUT2D eigenvalue weighted by molar-refractivity contribution is 5.82. The summed E-state index contributed by atoms with van der Waals surface area (Å²) in [7, 11) is 0. The predicted octanol–water partition coefficient (Wildman–Crippen LogP) is 7.46. The van der Waals surface area contributed by atoms with Gasteiger partial charge in [-0.2, -0.15) is 13.2 Å². The van der Waals surface area contributed by atoms with Crippen molar-refractivity contribution in [2.45, 2.75) is 46.2 Å². The molecule has 0 radical (unpaired) electrons. The summed E-state index contributed by atoms with van der Waals surface area (Å²) in [5.74, 6) is 0.699. The lowest BCUT2D eigenvalue weighted by atomic mass is 9.82. The highest BCUT2D eigenvalue weighted by atomic mass is 19.4. The Balaban J connectivity index is 1.81. The van der Waals surface area contributed by atoms with Crippen LogP contribution in [0.4, 0.5) is 13.2 Å². The molecule has 0 amide bonds. The van der Waals surface area contributed by atoms with E-state index in [9.17, 15) is 18.0 Å². The summed E-state index contributed by atoms with van der Waals surface area (Å²) < 4.78 is 39.1. The van der Waals surface area contributed by atoms with E-state index in [1.807, 2.05) is 30.4 Å². The number of benzene rings is 1. The molecule has 0 aliphatic heterocycles. The summed E-state index contributed by atoms with van der Waals surface area (Å²) >= 11 is 0. The van der Waals surface area contributed by atoms with Crippen LogP contribution in [0.25, 0.3) is 23.3 Å². The van der Waals surface area contributed by atoms with E-state index in [1.54, 1.807) is 12.3 Å². The number of carbonyl (C=O) groups excluding carboxylic acids is 1. The standard InChI is InChI=1S/C26H28F3NO/c1-4-17(3)23(5-2)25(31)13-18-9-11-20-14-21(16-30-24(20)12-10-18)19-7-6-8-22(15-19)26(27,28)29/h6-12,14-18,23H,4-5,13H2,1-3H3. The van der Waals surface area contributed by atoms with Crippen molar-refractivity contribution in [2.75, 3.05) is 0 Å². The zero-order valence-corrected chi connectivity index (χ0v) is 18.1. The topological polar surface area (TPSA) is 30.0 Å². The van der Waals surface area contributed by atoms with Crippen molar-refractivity contribution in [2.24, 2.45) is 17.8 Å². The minimum Gasteiger partial charge on any atom is -0.299 e. The molecule has 0 saturated heterocycles. The summed E-state index contributed by atoms with van der Waals surface area (Å²) in [4.78, 5) is 17.3. The summed E-state index contributed by atoms with van der Waals surface area (Å²) in [6.45, 7) is 6.29. The van der Waals surface area contributed by atoms with Crippen LogP contribution in [-0.2, 0) is 11.0 Å². The summed E-state index contributed by atoms with van der Waals surface area (Å²) in [5, 5.41) is 0. The van der Waals surface area contributed by atoms with E-state index in [2.05, 4.69) is 25.8 Å². The molecule has 1 aliphatic carbocycles. The molecule has 1 aliphatic rings. The number of nitrogens with zero attached hydrogens (tertiary/aromatic N) is 1. The first-order chi connectivity index (χ1) is 14.7. The number of Topliss-reactive ketones (excluding diaryl/α,β-unsaturated/α-hetero) is 1. The maximum atomic E-state index is 13.0. The van der Waals surface area contributed by atoms with Crippen molar-refractivity contribution in [1.29, 1.82) is 0 Å². The molecule has 1 aromatic heterocycles. The van der Waals surface area contributed by atoms with Gasteiger partial charge in [-0.1, -0.05) is 57.6 Å². The Hall–Kier alpha value is -2.69. The number of halogens is 3. The van der Waals surface area contributed by atoms with Gasteiger partial charge in [0.2, 0.25) is 0 Å². The van der Waals surface area contributed by atoms with Crippen molar-refractivity contribution in [3.8, 4) is 11.1 Å². The van der Waals surface area contributed by atoms with Crippen molar-refractivity contribution in [3.63, 3.8) is 0 Å². The van der Waals surface area contributed by atoms with Crippen LogP contribution in [0.3, 0.4) is 0 Å². The van der Waals surface area contributed by atoms with Crippen molar-refractivity contribution in [1.82, 2.24) is 4.98 Å². The second-order valence-corrected chi connectivity index (χ2v) is 8.23. The van der Waals surface area contributed by atoms with Crippen LogP contribution in [0, 0.1) is 17.8 Å². The highest BCUT2D eigenvalue weighted by Crippen LogP contribution is 2.33. The molecule has 2 nitrogen and oxygen atoms in total. The lowest BCUT2D eigenvalue weighted by molar-refractivity contribution is -0.137. The van der Waals surface area contributed by atoms with Crippen LogP contribution < -0.4 is 0 Å². The van der Waals surface area contributed by atoms with Crippen LogP contribution in [0.1, 0.15) is 56.9 Å². The average Bonchev–Trinajstić information content (AvgIpc) is 2.95. The predicted molar refractivity (Wildman–Crippen MR) is 119 cm³/mol. The lowest BCUT2D eigenvalue weighted by Crippen LogP contribution is -2.22. The molecule has 3 rings (SSSR count). The van der Waals surface area contributed by atoms with Crippen molar-refractivity contribution < 1.29 is 18.0 Å². The first kappa shape index (κ1) is 23.0. The van der Waals surface area contributed by atoms with E-state index < -0.39 is 11.7 Å². The van der Waals surface area contributed by atoms with E-state index >= 15 is 0 Å². The Labute approximate surface area is 181 Å². The van der Waals surface area contributed by atoms with Gasteiger partial charge in [-0.25, -0.2) is 0 Å². The van der Waals surface area contributed by atoms with Crippen LogP contribution >= 0.6 is 0 Å². The van der Waals surface area contributed by atoms with Gasteiger partial charge in [-0.15, -0.1) is 0 Å². The molecule has 3 atom stereocenters. The van der Waals surface area contributed by atoms with Gasteiger partial charge in [0.05, 0.1) is 11.3 Å². The van der Waals surface area contributed by atoms with Gasteiger partial charge < -0.3 is 0 Å². The molecule has 5 heteroatoms. The molecule has 0 N–H and O–H groups in total. The van der Waals surface area contributed by atoms with Gasteiger partial charge in [0.1, 0.15) is 5.78 Å². The summed E-state index contributed by atoms with van der Waals surface area (Å²) in [6, 6.07) is 7.10. The molecule has 2 aromatic rings. The number of carbonyl (C=O) groups is 1. The van der Waals surface area contributed by atoms with Gasteiger partial charge in [-0.3, -0.25) is 9.78 Å². The molecule has 1 aromatic carbocycles. The molecular weight excluding hydrogens is 399 g/mol. The smallest absolute Gasteiger partial charge is 0.299 e. The van der Waals surface area contributed by atoms with Crippen LogP contribution in [0.5, 0.6) is 0 Å². The Morgan fingerprint density at radius 2 is 1.81 bits per heavy atom. The molecular formula is C26H28F3NO. The molecule has 164 valence electrons. The summed E-state index contributed by atoms with van der Waals surface area (Å²) in [6.07, 6.45) is 7.27. The first-order valence-corrected chi connectivity index (χ1v) is 10.8. The number of allylic oxidation sites excluding steroid dienone is 2. The monoisotopic (exact) mass is 427 g/mol. The maximum Gasteiger partial charge on any atom is 0.416 e. The van der Waals surface area contributed by atoms with Gasteiger partial charge in [-0.05, 0) is 42.2 Å². The van der Waals surface area contributed by atoms with Gasteiger partial charge in [0, 0.05) is 35.6 Å². The van der Waals surface area contributed by atoms with E-state index in [1.165, 1.54) is 6.07 Å². The number of fused-ring (bicyclic) bond motifs is 1. The SMILES string of the molecule is CCC(C)C(CC)C(=O)CC1C=Cc2cc(-c3cccc(C(F)(F)F)c3)cnc2C=C1. The minimum atomic E-state index is -4.39. The van der Waals surface area contributed by atoms with E-state index in [0.29, 0.717) is 23.5 Å². The average molecular weight is 428 g/mol. The van der Waals surface area contributed by atoms with Crippen LogP contribution in [0.15, 0.2) is 48.7 Å². The third-order valence-electron chi connectivity index (χ3n) is 6.12. The van der Waals surface area contributed by atoms with Crippen molar-refractivity contribution >= 4 is 17.9 Å². The quantitative estimate of drug-likeness (QED) is 0.459. The number of rotatable bonds is 7. The fourth-order valence-corrected chi connectivity index (χ4v) is 4.06. The lowest BCUT2D eigenvalue weighted by Gasteiger charge is -2.21. The number of hydrogen-bond acceptors (Lipinski definition) is 2. The normalized spacial score (nSPS) is 17.7. The number of alkyl halides is 3. The molecule has 31 heavy (non-hydrogen) atoms. The van der Waals surface area contributed by atoms with E-state index in [0.717, 1.165) is 36.2 Å². The Morgan fingerprint density at radius 1 is 1.06 bits per heavy atom. The Bertz CT molecular complexity index is 990. The molecule has 0 spiro atoms. The first-order valence-electron chi connectivity index (χ1n) is 10.8. The maximum absolute atomic E-state index is 13.0. The third-order valence-corrected chi connectivity index (χ3v) is 6.12. The molecule has 3 unspecified atom stereocenters. The fraction of sp³-hybridized carbons (Fsp3) is 0.385. The highest BCUT2D eigenvalue weighted by Gasteiger charge is 2.30. The fourth-order valence-electron chi connectivity index (χ4n) is 4.06. The van der Waals surface area contributed by atoms with Crippen LogP contribution in [-0.4, -0.2) is 10.8 Å². The van der Waals surface area contributed by atoms with Crippen LogP contribution in [0.2, 0.25) is 0 Å². The van der Waals surface area contributed by atoms with E-state index in [4.69, 9.17) is 0 Å². The van der Waals surface area contributed by atoms with Gasteiger partial charge in [0.25, 0.3) is 0 Å². The second-order valence-electron chi connectivity index (χ2n) is 8.23. The number of ketones is 1. The van der Waals surface area contributed by atoms with E-state index in [-0.39, 0.29) is 17.6 Å². The number of aromatic nitrogens is 1. The second kappa shape index (κ2) is 9.63. The van der Waals surface area contributed by atoms with Gasteiger partial charge >= 0.3 is 6.18 Å². The molecule has 0 fully saturated rings. The van der Waals surface area contributed by atoms with Gasteiger partial charge in [0.15, 0.2) is 0 Å². The zero-order chi connectivity index (χ0) is 22.6. The van der Waals surface area contributed by atoms with Crippen molar-refractivity contribution in [3.05, 3.63) is 65.5 Å². The molecule has 1 heterocycles. The molecule has 0 bridgehead atoms. The number of pyridine rings is 1. The zero-order valence-electron chi connectivity index (χ0n) is 18.1. The minimum absolute atomic E-state index is 0.0168. The Morgan fingerprint density at radius 3 is 2.48 bits per heavy atom.